The maximum atomic E-state index is 14.6. The number of rotatable bonds is 19. The smallest absolute Gasteiger partial charge is 0.258 e. The van der Waals surface area contributed by atoms with E-state index in [1.807, 2.05) is 63.2 Å². The summed E-state index contributed by atoms with van der Waals surface area (Å²) < 4.78 is 43.6. The highest BCUT2D eigenvalue weighted by Crippen LogP contribution is 2.40. The molecule has 5 rings (SSSR count). The van der Waals surface area contributed by atoms with Gasteiger partial charge in [0, 0.05) is 51.8 Å². The molecule has 2 fully saturated rings. The highest BCUT2D eigenvalue weighted by atomic mass is 32.1. The molecule has 1 aliphatic carbocycles. The highest BCUT2D eigenvalue weighted by Gasteiger charge is 2.53. The van der Waals surface area contributed by atoms with Crippen LogP contribution in [0.5, 0.6) is 11.5 Å². The number of carbonyl (C=O) groups is 3. The van der Waals surface area contributed by atoms with Crippen LogP contribution < -0.4 is 20.1 Å². The van der Waals surface area contributed by atoms with Crippen molar-refractivity contribution in [2.75, 3.05) is 40.1 Å². The third-order valence-corrected chi connectivity index (χ3v) is 10.8. The van der Waals surface area contributed by atoms with E-state index in [9.17, 15) is 18.8 Å². The molecule has 2 aliphatic rings. The van der Waals surface area contributed by atoms with Crippen LogP contribution in [0.2, 0.25) is 0 Å². The molecule has 1 saturated heterocycles. The Morgan fingerprint density at radius 2 is 1.76 bits per heavy atom. The lowest BCUT2D eigenvalue weighted by Crippen LogP contribution is -2.59. The summed E-state index contributed by atoms with van der Waals surface area (Å²) in [6.07, 6.45) is 0.373. The molecule has 2 aromatic carbocycles. The number of benzene rings is 2. The van der Waals surface area contributed by atoms with Crippen LogP contribution in [0.4, 0.5) is 4.39 Å². The number of hydrogen-bond acceptors (Lipinski definition) is 10. The second-order valence-electron chi connectivity index (χ2n) is 15.0. The molecule has 3 amide bonds. The first-order valence-electron chi connectivity index (χ1n) is 19.0. The van der Waals surface area contributed by atoms with E-state index >= 15 is 0 Å². The first-order valence-corrected chi connectivity index (χ1v) is 19.9. The summed E-state index contributed by atoms with van der Waals surface area (Å²) in [6, 6.07) is 11.8. The third kappa shape index (κ3) is 11.0. The van der Waals surface area contributed by atoms with Gasteiger partial charge in [0.05, 0.1) is 28.8 Å². The van der Waals surface area contributed by atoms with Crippen molar-refractivity contribution in [2.45, 2.75) is 104 Å². The molecule has 1 aliphatic heterocycles. The van der Waals surface area contributed by atoms with Crippen molar-refractivity contribution in [2.24, 2.45) is 5.41 Å². The van der Waals surface area contributed by atoms with Crippen LogP contribution in [0.15, 0.2) is 48.0 Å². The van der Waals surface area contributed by atoms with Gasteiger partial charge in [-0.15, -0.1) is 11.3 Å². The Morgan fingerprint density at radius 1 is 1.05 bits per heavy atom. The standard InChI is InChI=1S/C41H55FN4O8S/c1-8-51-34(52-9-2)24-54-30-14-10-27(11-15-30)16-19-53-33-20-28(35-26(3)44-25-55-35)12-13-29(33)22-43-37(47)32-21-31(50-7)23-46(32)38(48)36(40(4,5)6)45-39(49)41(42)17-18-41/h10-15,20,25,31-32,34,36H,8-9,16-19,21-24H2,1-7H3,(H,43,47)(H,45,49)/t31-,32+,36-/m1/s1. The number of alkyl halides is 1. The van der Waals surface area contributed by atoms with Gasteiger partial charge in [-0.1, -0.05) is 45.0 Å². The Bertz CT molecular complexity index is 1750. The van der Waals surface area contributed by atoms with Crippen molar-refractivity contribution < 1.29 is 42.5 Å². The Hall–Kier alpha value is -4.11. The number of thiazole rings is 1. The van der Waals surface area contributed by atoms with Crippen molar-refractivity contribution >= 4 is 29.1 Å². The van der Waals surface area contributed by atoms with Crippen molar-refractivity contribution in [1.82, 2.24) is 20.5 Å². The monoisotopic (exact) mass is 782 g/mol. The van der Waals surface area contributed by atoms with Crippen LogP contribution in [-0.4, -0.2) is 97.8 Å². The minimum atomic E-state index is -1.94. The SMILES string of the molecule is CCOC(COc1ccc(CCOc2cc(-c3scnc3C)ccc2CNC(=O)[C@@H]2C[C@@H](OC)CN2C(=O)[C@@H](NC(=O)C2(F)CC2)C(C)(C)C)cc1)OCC. The predicted molar refractivity (Wildman–Crippen MR) is 208 cm³/mol. The van der Waals surface area contributed by atoms with Gasteiger partial charge in [0.1, 0.15) is 30.2 Å². The first-order chi connectivity index (χ1) is 26.3. The number of aromatic nitrogens is 1. The number of nitrogens with zero attached hydrogens (tertiary/aromatic N) is 2. The van der Waals surface area contributed by atoms with Crippen molar-refractivity contribution in [3.63, 3.8) is 0 Å². The summed E-state index contributed by atoms with van der Waals surface area (Å²) in [6.45, 7) is 13.3. The number of amides is 3. The van der Waals surface area contributed by atoms with E-state index in [1.54, 1.807) is 37.6 Å². The van der Waals surface area contributed by atoms with E-state index in [4.69, 9.17) is 23.7 Å². The lowest BCUT2D eigenvalue weighted by atomic mass is 9.85. The Morgan fingerprint density at radius 3 is 2.36 bits per heavy atom. The van der Waals surface area contributed by atoms with Gasteiger partial charge in [0.2, 0.25) is 11.8 Å². The average molecular weight is 783 g/mol. The number of hydrogen-bond donors (Lipinski definition) is 2. The van der Waals surface area contributed by atoms with Crippen LogP contribution >= 0.6 is 11.3 Å². The molecule has 3 aromatic rings. The van der Waals surface area contributed by atoms with E-state index in [0.29, 0.717) is 37.7 Å². The molecular formula is C41H55FN4O8S. The summed E-state index contributed by atoms with van der Waals surface area (Å²) in [5.41, 5.74) is 2.82. The zero-order valence-electron chi connectivity index (χ0n) is 32.9. The van der Waals surface area contributed by atoms with E-state index in [0.717, 1.165) is 27.3 Å². The lowest BCUT2D eigenvalue weighted by molar-refractivity contribution is -0.152. The number of ether oxygens (including phenoxy) is 5. The Kier molecular flexibility index (Phi) is 14.3. The molecule has 2 N–H and O–H groups in total. The molecule has 3 atom stereocenters. The second kappa shape index (κ2) is 18.7. The molecule has 0 unspecified atom stereocenters. The second-order valence-corrected chi connectivity index (χ2v) is 15.9. The molecule has 0 spiro atoms. The summed E-state index contributed by atoms with van der Waals surface area (Å²) in [4.78, 5) is 47.5. The maximum absolute atomic E-state index is 14.6. The summed E-state index contributed by atoms with van der Waals surface area (Å²) >= 11 is 1.54. The number of likely N-dealkylation sites (tertiary alicyclic amines) is 1. The fourth-order valence-corrected chi connectivity index (χ4v) is 7.24. The summed E-state index contributed by atoms with van der Waals surface area (Å²) in [5.74, 6) is -0.264. The maximum Gasteiger partial charge on any atom is 0.258 e. The zero-order chi connectivity index (χ0) is 39.8. The van der Waals surface area contributed by atoms with Gasteiger partial charge in [-0.2, -0.15) is 0 Å². The quantitative estimate of drug-likeness (QED) is 0.145. The normalized spacial score (nSPS) is 18.2. The van der Waals surface area contributed by atoms with Crippen molar-refractivity contribution in [3.05, 3.63) is 64.8 Å². The van der Waals surface area contributed by atoms with E-state index in [1.165, 1.54) is 12.0 Å². The van der Waals surface area contributed by atoms with Gasteiger partial charge in [-0.05, 0) is 68.4 Å². The lowest BCUT2D eigenvalue weighted by Gasteiger charge is -2.35. The van der Waals surface area contributed by atoms with Crippen LogP contribution in [0, 0.1) is 12.3 Å². The fourth-order valence-electron chi connectivity index (χ4n) is 6.44. The van der Waals surface area contributed by atoms with Gasteiger partial charge in [0.15, 0.2) is 12.0 Å². The summed E-state index contributed by atoms with van der Waals surface area (Å²) in [7, 11) is 1.54. The van der Waals surface area contributed by atoms with Crippen LogP contribution in [0.1, 0.15) is 70.7 Å². The largest absolute Gasteiger partial charge is 0.493 e. The molecule has 12 nitrogen and oxygen atoms in total. The van der Waals surface area contributed by atoms with Gasteiger partial charge in [0.25, 0.3) is 5.91 Å². The number of halogens is 1. The molecule has 1 saturated carbocycles. The Labute approximate surface area is 327 Å². The number of methoxy groups -OCH3 is 1. The van der Waals surface area contributed by atoms with Crippen molar-refractivity contribution in [1.29, 1.82) is 0 Å². The molecule has 0 radical (unpaired) electrons. The van der Waals surface area contributed by atoms with Gasteiger partial charge >= 0.3 is 0 Å². The van der Waals surface area contributed by atoms with Crippen LogP contribution in [0.25, 0.3) is 10.4 Å². The molecule has 1 aromatic heterocycles. The highest BCUT2D eigenvalue weighted by molar-refractivity contribution is 7.13. The number of nitrogens with one attached hydrogen (secondary N) is 2. The van der Waals surface area contributed by atoms with E-state index in [2.05, 4.69) is 15.6 Å². The van der Waals surface area contributed by atoms with E-state index in [-0.39, 0.29) is 51.0 Å². The van der Waals surface area contributed by atoms with Crippen molar-refractivity contribution in [3.8, 4) is 21.9 Å². The summed E-state index contributed by atoms with van der Waals surface area (Å²) in [5, 5.41) is 5.68. The topological polar surface area (TPSA) is 138 Å². The molecule has 55 heavy (non-hydrogen) atoms. The zero-order valence-corrected chi connectivity index (χ0v) is 33.8. The van der Waals surface area contributed by atoms with Gasteiger partial charge < -0.3 is 39.2 Å². The molecule has 0 bridgehead atoms. The molecular weight excluding hydrogens is 728 g/mol. The first kappa shape index (κ1) is 42.0. The number of carbonyl (C=O) groups excluding carboxylic acids is 3. The van der Waals surface area contributed by atoms with E-state index < -0.39 is 41.3 Å². The predicted octanol–water partition coefficient (Wildman–Crippen LogP) is 5.78. The molecule has 2 heterocycles. The third-order valence-electron chi connectivity index (χ3n) is 9.86. The number of aryl methyl sites for hydroxylation is 1. The fraction of sp³-hybridized carbons (Fsp3) is 0.561. The van der Waals surface area contributed by atoms with Gasteiger partial charge in [-0.25, -0.2) is 9.37 Å². The van der Waals surface area contributed by atoms with Crippen LogP contribution in [0.3, 0.4) is 0 Å². The Balaban J connectivity index is 1.26. The molecule has 300 valence electrons. The van der Waals surface area contributed by atoms with Crippen LogP contribution in [-0.2, 0) is 41.6 Å². The minimum absolute atomic E-state index is 0.134. The molecule has 14 heteroatoms. The van der Waals surface area contributed by atoms with Gasteiger partial charge in [-0.3, -0.25) is 14.4 Å². The average Bonchev–Trinajstić information content (AvgIpc) is 3.54. The minimum Gasteiger partial charge on any atom is -0.493 e.